The molecular weight excluding hydrogens is 332 g/mol. The first-order chi connectivity index (χ1) is 11.8. The van der Waals surface area contributed by atoms with Crippen molar-refractivity contribution in [2.45, 2.75) is 32.6 Å². The highest BCUT2D eigenvalue weighted by Crippen LogP contribution is 2.26. The van der Waals surface area contributed by atoms with E-state index in [1.54, 1.807) is 10.4 Å². The molecule has 1 heterocycles. The summed E-state index contributed by atoms with van der Waals surface area (Å²) in [4.78, 5) is 2.72. The van der Waals surface area contributed by atoms with Gasteiger partial charge in [-0.15, -0.1) is 0 Å². The molecule has 4 nitrogen and oxygen atoms in total. The number of piperazine rings is 1. The summed E-state index contributed by atoms with van der Waals surface area (Å²) in [5.41, 5.74) is 5.65. The zero-order valence-electron chi connectivity index (χ0n) is 15.4. The largest absolute Gasteiger partial charge is 0.369 e. The van der Waals surface area contributed by atoms with Crippen molar-refractivity contribution in [3.8, 4) is 0 Å². The minimum atomic E-state index is -3.43. The van der Waals surface area contributed by atoms with E-state index in [1.165, 1.54) is 16.8 Å². The standard InChI is InChI=1S/C20H26N2O2S/c1-15-8-9-20(17(3)14-15)25(23,24)22-12-10-21(11-13-22)19-7-5-6-16(2)18(19)4/h5-9,14H,10-13H2,1-4H3. The van der Waals surface area contributed by atoms with Crippen molar-refractivity contribution in [1.29, 1.82) is 0 Å². The first-order valence-corrected chi connectivity index (χ1v) is 10.1. The van der Waals surface area contributed by atoms with Gasteiger partial charge in [0.15, 0.2) is 0 Å². The van der Waals surface area contributed by atoms with Crippen LogP contribution in [0.2, 0.25) is 0 Å². The van der Waals surface area contributed by atoms with Gasteiger partial charge < -0.3 is 4.90 Å². The number of anilines is 1. The van der Waals surface area contributed by atoms with E-state index in [-0.39, 0.29) is 0 Å². The zero-order valence-corrected chi connectivity index (χ0v) is 16.2. The SMILES string of the molecule is Cc1ccc(S(=O)(=O)N2CCN(c3cccc(C)c3C)CC2)c(C)c1. The summed E-state index contributed by atoms with van der Waals surface area (Å²) in [5.74, 6) is 0. The molecule has 2 aromatic rings. The lowest BCUT2D eigenvalue weighted by molar-refractivity contribution is 0.384. The number of hydrogen-bond donors (Lipinski definition) is 0. The summed E-state index contributed by atoms with van der Waals surface area (Å²) in [7, 11) is -3.43. The molecule has 0 saturated carbocycles. The third-order valence-corrected chi connectivity index (χ3v) is 7.16. The molecule has 0 spiro atoms. The van der Waals surface area contributed by atoms with Crippen LogP contribution in [0.5, 0.6) is 0 Å². The van der Waals surface area contributed by atoms with Crippen molar-refractivity contribution in [1.82, 2.24) is 4.31 Å². The second kappa shape index (κ2) is 6.81. The van der Waals surface area contributed by atoms with Crippen LogP contribution in [0.1, 0.15) is 22.3 Å². The maximum atomic E-state index is 13.0. The second-order valence-electron chi connectivity index (χ2n) is 6.88. The molecule has 1 aliphatic heterocycles. The van der Waals surface area contributed by atoms with Gasteiger partial charge in [0.1, 0.15) is 0 Å². The Bertz CT molecular complexity index is 883. The van der Waals surface area contributed by atoms with Crippen LogP contribution in [0.25, 0.3) is 0 Å². The van der Waals surface area contributed by atoms with Crippen molar-refractivity contribution in [2.24, 2.45) is 0 Å². The van der Waals surface area contributed by atoms with E-state index in [4.69, 9.17) is 0 Å². The summed E-state index contributed by atoms with van der Waals surface area (Å²) in [6, 6.07) is 11.8. The Morgan fingerprint density at radius 2 is 1.52 bits per heavy atom. The van der Waals surface area contributed by atoms with Gasteiger partial charge in [0.05, 0.1) is 4.90 Å². The smallest absolute Gasteiger partial charge is 0.243 e. The molecule has 0 bridgehead atoms. The minimum absolute atomic E-state index is 0.429. The Kier molecular flexibility index (Phi) is 4.89. The van der Waals surface area contributed by atoms with Gasteiger partial charge in [0.25, 0.3) is 0 Å². The fraction of sp³-hybridized carbons (Fsp3) is 0.400. The number of aryl methyl sites for hydroxylation is 3. The third kappa shape index (κ3) is 3.44. The van der Waals surface area contributed by atoms with Gasteiger partial charge >= 0.3 is 0 Å². The highest BCUT2D eigenvalue weighted by molar-refractivity contribution is 7.89. The molecule has 1 saturated heterocycles. The molecule has 1 fully saturated rings. The molecular formula is C20H26N2O2S. The zero-order chi connectivity index (χ0) is 18.2. The topological polar surface area (TPSA) is 40.6 Å². The molecule has 2 aromatic carbocycles. The van der Waals surface area contributed by atoms with Gasteiger partial charge in [-0.25, -0.2) is 8.42 Å². The fourth-order valence-corrected chi connectivity index (χ4v) is 5.10. The first kappa shape index (κ1) is 18.0. The van der Waals surface area contributed by atoms with Crippen molar-refractivity contribution in [3.63, 3.8) is 0 Å². The van der Waals surface area contributed by atoms with E-state index in [9.17, 15) is 8.42 Å². The summed E-state index contributed by atoms with van der Waals surface area (Å²) in [5, 5.41) is 0. The van der Waals surface area contributed by atoms with Crippen molar-refractivity contribution < 1.29 is 8.42 Å². The van der Waals surface area contributed by atoms with Gasteiger partial charge in [-0.3, -0.25) is 0 Å². The van der Waals surface area contributed by atoms with Crippen LogP contribution in [-0.2, 0) is 10.0 Å². The summed E-state index contributed by atoms with van der Waals surface area (Å²) < 4.78 is 27.6. The van der Waals surface area contributed by atoms with Crippen molar-refractivity contribution >= 4 is 15.7 Å². The minimum Gasteiger partial charge on any atom is -0.369 e. The van der Waals surface area contributed by atoms with E-state index in [2.05, 4.69) is 36.9 Å². The number of sulfonamides is 1. The van der Waals surface area contributed by atoms with E-state index in [0.29, 0.717) is 31.1 Å². The quantitative estimate of drug-likeness (QED) is 0.844. The fourth-order valence-electron chi connectivity index (χ4n) is 3.48. The van der Waals surface area contributed by atoms with Gasteiger partial charge in [0.2, 0.25) is 10.0 Å². The van der Waals surface area contributed by atoms with E-state index >= 15 is 0 Å². The molecule has 0 amide bonds. The maximum absolute atomic E-state index is 13.0. The first-order valence-electron chi connectivity index (χ1n) is 8.69. The maximum Gasteiger partial charge on any atom is 0.243 e. The average Bonchev–Trinajstić information content (AvgIpc) is 2.57. The van der Waals surface area contributed by atoms with Crippen LogP contribution in [0.4, 0.5) is 5.69 Å². The molecule has 0 aliphatic carbocycles. The molecule has 0 unspecified atom stereocenters. The monoisotopic (exact) mass is 358 g/mol. The number of hydrogen-bond acceptors (Lipinski definition) is 3. The lowest BCUT2D eigenvalue weighted by Crippen LogP contribution is -2.49. The number of benzene rings is 2. The molecule has 0 N–H and O–H groups in total. The lowest BCUT2D eigenvalue weighted by Gasteiger charge is -2.36. The Balaban J connectivity index is 1.78. The Morgan fingerprint density at radius 1 is 0.840 bits per heavy atom. The summed E-state index contributed by atoms with van der Waals surface area (Å²) >= 11 is 0. The van der Waals surface area contributed by atoms with Crippen LogP contribution >= 0.6 is 0 Å². The molecule has 25 heavy (non-hydrogen) atoms. The normalized spacial score (nSPS) is 16.2. The third-order valence-electron chi connectivity index (χ3n) is 5.10. The summed E-state index contributed by atoms with van der Waals surface area (Å²) in [6.45, 7) is 10.6. The average molecular weight is 359 g/mol. The molecule has 3 rings (SSSR count). The highest BCUT2D eigenvalue weighted by Gasteiger charge is 2.30. The number of rotatable bonds is 3. The Morgan fingerprint density at radius 3 is 2.16 bits per heavy atom. The van der Waals surface area contributed by atoms with Crippen molar-refractivity contribution in [3.05, 3.63) is 58.7 Å². The van der Waals surface area contributed by atoms with E-state index < -0.39 is 10.0 Å². The van der Waals surface area contributed by atoms with E-state index in [1.807, 2.05) is 26.0 Å². The van der Waals surface area contributed by atoms with Gasteiger partial charge in [-0.05, 0) is 56.5 Å². The van der Waals surface area contributed by atoms with Gasteiger partial charge in [0, 0.05) is 31.9 Å². The summed E-state index contributed by atoms with van der Waals surface area (Å²) in [6.07, 6.45) is 0. The molecule has 0 radical (unpaired) electrons. The second-order valence-corrected chi connectivity index (χ2v) is 8.79. The van der Waals surface area contributed by atoms with Gasteiger partial charge in [-0.1, -0.05) is 29.8 Å². The van der Waals surface area contributed by atoms with Crippen LogP contribution in [0.3, 0.4) is 0 Å². The molecule has 0 aromatic heterocycles. The molecule has 1 aliphatic rings. The Hall–Kier alpha value is -1.85. The molecule has 134 valence electrons. The predicted molar refractivity (Wildman–Crippen MR) is 103 cm³/mol. The lowest BCUT2D eigenvalue weighted by atomic mass is 10.1. The van der Waals surface area contributed by atoms with Crippen LogP contribution in [0.15, 0.2) is 41.3 Å². The highest BCUT2D eigenvalue weighted by atomic mass is 32.2. The van der Waals surface area contributed by atoms with E-state index in [0.717, 1.165) is 11.1 Å². The van der Waals surface area contributed by atoms with Crippen LogP contribution in [-0.4, -0.2) is 38.9 Å². The van der Waals surface area contributed by atoms with Gasteiger partial charge in [-0.2, -0.15) is 4.31 Å². The Labute approximate surface area is 151 Å². The van der Waals surface area contributed by atoms with Crippen molar-refractivity contribution in [2.75, 3.05) is 31.1 Å². The van der Waals surface area contributed by atoms with Crippen LogP contribution in [0, 0.1) is 27.7 Å². The molecule has 5 heteroatoms. The molecule has 0 atom stereocenters. The predicted octanol–water partition coefficient (Wildman–Crippen LogP) is 3.43. The van der Waals surface area contributed by atoms with Crippen LogP contribution < -0.4 is 4.90 Å². The number of nitrogens with zero attached hydrogens (tertiary/aromatic N) is 2.